The molecule has 0 fully saturated rings. The first-order valence-electron chi connectivity index (χ1n) is 8.56. The van der Waals surface area contributed by atoms with E-state index in [-0.39, 0.29) is 11.9 Å². The van der Waals surface area contributed by atoms with E-state index in [1.165, 1.54) is 0 Å². The number of hydrogen-bond donors (Lipinski definition) is 0. The van der Waals surface area contributed by atoms with Crippen LogP contribution in [0.1, 0.15) is 34.5 Å². The van der Waals surface area contributed by atoms with Crippen molar-refractivity contribution >= 4 is 5.91 Å². The average molecular weight is 349 g/mol. The summed E-state index contributed by atoms with van der Waals surface area (Å²) in [4.78, 5) is 14.6. The number of hydrogen-bond acceptors (Lipinski definition) is 3. The maximum Gasteiger partial charge on any atom is 0.254 e. The van der Waals surface area contributed by atoms with Gasteiger partial charge in [-0.05, 0) is 36.8 Å². The van der Waals surface area contributed by atoms with Crippen LogP contribution in [0.25, 0.3) is 0 Å². The molecule has 1 amide bonds. The second-order valence-electron chi connectivity index (χ2n) is 6.23. The Morgan fingerprint density at radius 1 is 1.15 bits per heavy atom. The summed E-state index contributed by atoms with van der Waals surface area (Å²) in [7, 11) is 3.46. The van der Waals surface area contributed by atoms with Crippen molar-refractivity contribution in [1.29, 1.82) is 0 Å². The molecule has 3 rings (SSSR count). The first-order valence-corrected chi connectivity index (χ1v) is 8.56. The molecule has 134 valence electrons. The van der Waals surface area contributed by atoms with Gasteiger partial charge in [0.2, 0.25) is 0 Å². The van der Waals surface area contributed by atoms with Crippen molar-refractivity contribution in [2.75, 3.05) is 14.2 Å². The SMILES string of the molecule is COc1ccccc1C(C)N(C)C(=O)c1ccc(Cn2cccn2)cc1. The number of ether oxygens (including phenoxy) is 1. The minimum absolute atomic E-state index is 0.0194. The Bertz CT molecular complexity index is 857. The number of rotatable bonds is 6. The number of benzene rings is 2. The second-order valence-corrected chi connectivity index (χ2v) is 6.23. The Morgan fingerprint density at radius 2 is 1.88 bits per heavy atom. The molecule has 26 heavy (non-hydrogen) atoms. The fourth-order valence-corrected chi connectivity index (χ4v) is 2.93. The molecule has 1 atom stereocenters. The Morgan fingerprint density at radius 3 is 2.54 bits per heavy atom. The van der Waals surface area contributed by atoms with E-state index in [1.807, 2.05) is 79.4 Å². The van der Waals surface area contributed by atoms with Crippen LogP contribution in [0, 0.1) is 0 Å². The smallest absolute Gasteiger partial charge is 0.254 e. The molecule has 5 heteroatoms. The molecule has 1 heterocycles. The Balaban J connectivity index is 1.73. The summed E-state index contributed by atoms with van der Waals surface area (Å²) in [5.41, 5.74) is 2.75. The molecule has 1 unspecified atom stereocenters. The van der Waals surface area contributed by atoms with Gasteiger partial charge in [-0.3, -0.25) is 9.48 Å². The van der Waals surface area contributed by atoms with Gasteiger partial charge < -0.3 is 9.64 Å². The molecular formula is C21H23N3O2. The maximum absolute atomic E-state index is 12.9. The number of para-hydroxylation sites is 1. The highest BCUT2D eigenvalue weighted by molar-refractivity contribution is 5.94. The van der Waals surface area contributed by atoms with Crippen molar-refractivity contribution in [3.8, 4) is 5.75 Å². The van der Waals surface area contributed by atoms with Crippen LogP contribution < -0.4 is 4.74 Å². The first kappa shape index (κ1) is 17.7. The number of carbonyl (C=O) groups is 1. The zero-order valence-electron chi connectivity index (χ0n) is 15.3. The highest BCUT2D eigenvalue weighted by atomic mass is 16.5. The summed E-state index contributed by atoms with van der Waals surface area (Å²) in [5, 5.41) is 4.20. The van der Waals surface area contributed by atoms with Crippen molar-refractivity contribution in [2.24, 2.45) is 0 Å². The van der Waals surface area contributed by atoms with E-state index in [9.17, 15) is 4.79 Å². The van der Waals surface area contributed by atoms with Gasteiger partial charge in [-0.25, -0.2) is 0 Å². The average Bonchev–Trinajstić information content (AvgIpc) is 3.20. The van der Waals surface area contributed by atoms with Gasteiger partial charge >= 0.3 is 0 Å². The lowest BCUT2D eigenvalue weighted by Crippen LogP contribution is -2.29. The monoisotopic (exact) mass is 349 g/mol. The molecule has 1 aromatic heterocycles. The molecule has 5 nitrogen and oxygen atoms in total. The molecule has 0 bridgehead atoms. The highest BCUT2D eigenvalue weighted by Crippen LogP contribution is 2.28. The minimum atomic E-state index is -0.0950. The van der Waals surface area contributed by atoms with E-state index in [1.54, 1.807) is 18.2 Å². The van der Waals surface area contributed by atoms with Gasteiger partial charge in [0.15, 0.2) is 0 Å². The molecule has 0 aliphatic rings. The van der Waals surface area contributed by atoms with E-state index >= 15 is 0 Å². The molecule has 0 aliphatic heterocycles. The standard InChI is InChI=1S/C21H23N3O2/c1-16(19-7-4-5-8-20(19)26-3)23(2)21(25)18-11-9-17(10-12-18)15-24-14-6-13-22-24/h4-14,16H,15H2,1-3H3. The van der Waals surface area contributed by atoms with E-state index in [0.29, 0.717) is 12.1 Å². The minimum Gasteiger partial charge on any atom is -0.496 e. The topological polar surface area (TPSA) is 47.4 Å². The zero-order valence-corrected chi connectivity index (χ0v) is 15.3. The van der Waals surface area contributed by atoms with Crippen LogP contribution in [0.3, 0.4) is 0 Å². The fraction of sp³-hybridized carbons (Fsp3) is 0.238. The summed E-state index contributed by atoms with van der Waals surface area (Å²) in [6.07, 6.45) is 3.67. The van der Waals surface area contributed by atoms with Crippen LogP contribution in [-0.4, -0.2) is 34.7 Å². The number of methoxy groups -OCH3 is 1. The van der Waals surface area contributed by atoms with Gasteiger partial charge in [0.1, 0.15) is 5.75 Å². The number of aromatic nitrogens is 2. The number of nitrogens with zero attached hydrogens (tertiary/aromatic N) is 3. The molecule has 0 saturated carbocycles. The normalized spacial score (nSPS) is 11.8. The highest BCUT2D eigenvalue weighted by Gasteiger charge is 2.21. The summed E-state index contributed by atoms with van der Waals surface area (Å²) < 4.78 is 7.28. The summed E-state index contributed by atoms with van der Waals surface area (Å²) >= 11 is 0. The maximum atomic E-state index is 12.9. The molecule has 0 spiro atoms. The quantitative estimate of drug-likeness (QED) is 0.680. The van der Waals surface area contributed by atoms with Crippen molar-refractivity contribution in [1.82, 2.24) is 14.7 Å². The molecule has 0 aliphatic carbocycles. The van der Waals surface area contributed by atoms with E-state index in [4.69, 9.17) is 4.74 Å². The lowest BCUT2D eigenvalue weighted by atomic mass is 10.0. The van der Waals surface area contributed by atoms with Crippen LogP contribution in [0.15, 0.2) is 67.0 Å². The van der Waals surface area contributed by atoms with Crippen LogP contribution in [0.5, 0.6) is 5.75 Å². The zero-order chi connectivity index (χ0) is 18.5. The number of amides is 1. The van der Waals surface area contributed by atoms with Crippen LogP contribution in [0.2, 0.25) is 0 Å². The van der Waals surface area contributed by atoms with Gasteiger partial charge in [-0.15, -0.1) is 0 Å². The second kappa shape index (κ2) is 7.87. The molecule has 2 aromatic carbocycles. The van der Waals surface area contributed by atoms with Gasteiger partial charge in [0.25, 0.3) is 5.91 Å². The predicted molar refractivity (Wildman–Crippen MR) is 101 cm³/mol. The third-order valence-corrected chi connectivity index (χ3v) is 4.59. The van der Waals surface area contributed by atoms with Crippen LogP contribution in [-0.2, 0) is 6.54 Å². The van der Waals surface area contributed by atoms with Gasteiger partial charge in [0, 0.05) is 30.6 Å². The molecule has 3 aromatic rings. The van der Waals surface area contributed by atoms with E-state index < -0.39 is 0 Å². The Labute approximate surface area is 153 Å². The van der Waals surface area contributed by atoms with Crippen molar-refractivity contribution in [3.63, 3.8) is 0 Å². The Kier molecular flexibility index (Phi) is 5.37. The van der Waals surface area contributed by atoms with Gasteiger partial charge in [-0.1, -0.05) is 30.3 Å². The van der Waals surface area contributed by atoms with Crippen molar-refractivity contribution in [3.05, 3.63) is 83.7 Å². The summed E-state index contributed by atoms with van der Waals surface area (Å²) in [6, 6.07) is 17.3. The van der Waals surface area contributed by atoms with Gasteiger partial charge in [0.05, 0.1) is 19.7 Å². The summed E-state index contributed by atoms with van der Waals surface area (Å²) in [6.45, 7) is 2.69. The first-order chi connectivity index (χ1) is 12.6. The lowest BCUT2D eigenvalue weighted by Gasteiger charge is -2.26. The van der Waals surface area contributed by atoms with Crippen LogP contribution in [0.4, 0.5) is 0 Å². The Hall–Kier alpha value is -3.08. The third-order valence-electron chi connectivity index (χ3n) is 4.59. The molecule has 0 N–H and O–H groups in total. The van der Waals surface area contributed by atoms with E-state index in [2.05, 4.69) is 5.10 Å². The van der Waals surface area contributed by atoms with Crippen molar-refractivity contribution < 1.29 is 9.53 Å². The van der Waals surface area contributed by atoms with Crippen molar-refractivity contribution in [2.45, 2.75) is 19.5 Å². The van der Waals surface area contributed by atoms with E-state index in [0.717, 1.165) is 16.9 Å². The summed E-state index contributed by atoms with van der Waals surface area (Å²) in [5.74, 6) is 0.767. The largest absolute Gasteiger partial charge is 0.496 e. The predicted octanol–water partition coefficient (Wildman–Crippen LogP) is 3.77. The number of carbonyl (C=O) groups excluding carboxylic acids is 1. The molecular weight excluding hydrogens is 326 g/mol. The molecule has 0 saturated heterocycles. The fourth-order valence-electron chi connectivity index (χ4n) is 2.93. The third kappa shape index (κ3) is 3.77. The van der Waals surface area contributed by atoms with Crippen LogP contribution >= 0.6 is 0 Å². The molecule has 0 radical (unpaired) electrons. The van der Waals surface area contributed by atoms with Gasteiger partial charge in [-0.2, -0.15) is 5.10 Å². The lowest BCUT2D eigenvalue weighted by molar-refractivity contribution is 0.0741.